The first-order valence-corrected chi connectivity index (χ1v) is 9.30. The zero-order valence-corrected chi connectivity index (χ0v) is 13.6. The van der Waals surface area contributed by atoms with E-state index in [1.54, 1.807) is 0 Å². The van der Waals surface area contributed by atoms with Gasteiger partial charge in [0.2, 0.25) is 0 Å². The monoisotopic (exact) mass is 306 g/mol. The van der Waals surface area contributed by atoms with E-state index in [2.05, 4.69) is 6.92 Å². The zero-order chi connectivity index (χ0) is 14.7. The molecule has 1 aromatic rings. The third kappa shape index (κ3) is 3.46. The Labute approximate surface area is 132 Å². The molecule has 2 fully saturated rings. The summed E-state index contributed by atoms with van der Waals surface area (Å²) in [5.41, 5.74) is 1.16. The molecule has 2 nitrogen and oxygen atoms in total. The summed E-state index contributed by atoms with van der Waals surface area (Å²) in [5.74, 6) is 3.31. The average molecular weight is 306 g/mol. The second kappa shape index (κ2) is 6.72. The summed E-state index contributed by atoms with van der Waals surface area (Å²) in [6.45, 7) is 3.07. The van der Waals surface area contributed by atoms with Gasteiger partial charge in [0.15, 0.2) is 0 Å². The lowest BCUT2D eigenvalue weighted by molar-refractivity contribution is -0.117. The van der Waals surface area contributed by atoms with Gasteiger partial charge in [-0.2, -0.15) is 11.8 Å². The third-order valence-corrected chi connectivity index (χ3v) is 6.30. The van der Waals surface area contributed by atoms with E-state index in [-0.39, 0.29) is 11.7 Å². The Kier molecular flexibility index (Phi) is 4.92. The zero-order valence-electron chi connectivity index (χ0n) is 12.8. The second-order valence-corrected chi connectivity index (χ2v) is 7.84. The van der Waals surface area contributed by atoms with E-state index in [9.17, 15) is 5.11 Å². The number of aliphatic hydroxyl groups excluding tert-OH is 1. The van der Waals surface area contributed by atoms with Gasteiger partial charge in [-0.15, -0.1) is 0 Å². The number of aliphatic hydroxyl groups is 1. The van der Waals surface area contributed by atoms with E-state index in [4.69, 9.17) is 4.74 Å². The van der Waals surface area contributed by atoms with Crippen LogP contribution in [0.4, 0.5) is 0 Å². The van der Waals surface area contributed by atoms with Crippen molar-refractivity contribution in [3.8, 4) is 0 Å². The first-order chi connectivity index (χ1) is 10.2. The van der Waals surface area contributed by atoms with E-state index < -0.39 is 0 Å². The molecule has 0 saturated carbocycles. The lowest BCUT2D eigenvalue weighted by Gasteiger charge is -2.45. The minimum absolute atomic E-state index is 0.110. The molecule has 0 aromatic heterocycles. The van der Waals surface area contributed by atoms with Crippen LogP contribution >= 0.6 is 11.8 Å². The molecule has 1 N–H and O–H groups in total. The molecule has 3 atom stereocenters. The Morgan fingerprint density at radius 1 is 1.24 bits per heavy atom. The number of benzene rings is 1. The number of ether oxygens (including phenoxy) is 1. The van der Waals surface area contributed by atoms with Crippen LogP contribution in [0.25, 0.3) is 0 Å². The van der Waals surface area contributed by atoms with Crippen LogP contribution in [0.5, 0.6) is 0 Å². The minimum Gasteiger partial charge on any atom is -0.388 e. The molecular formula is C18H26O2S. The van der Waals surface area contributed by atoms with Gasteiger partial charge in [-0.05, 0) is 54.6 Å². The molecule has 2 aliphatic heterocycles. The number of rotatable bonds is 3. The van der Waals surface area contributed by atoms with Crippen LogP contribution in [0, 0.1) is 11.8 Å². The Balaban J connectivity index is 1.68. The third-order valence-electron chi connectivity index (χ3n) is 5.32. The Morgan fingerprint density at radius 3 is 2.67 bits per heavy atom. The highest BCUT2D eigenvalue weighted by Gasteiger charge is 2.41. The van der Waals surface area contributed by atoms with Crippen LogP contribution < -0.4 is 0 Å². The van der Waals surface area contributed by atoms with Gasteiger partial charge in [-0.25, -0.2) is 0 Å². The summed E-state index contributed by atoms with van der Waals surface area (Å²) in [7, 11) is 0. The Bertz CT molecular complexity index is 436. The summed E-state index contributed by atoms with van der Waals surface area (Å²) >= 11 is 2.05. The summed E-state index contributed by atoms with van der Waals surface area (Å²) in [4.78, 5) is 0. The number of hydrogen-bond acceptors (Lipinski definition) is 3. The standard InChI is InChI=1S/C18H26O2S/c1-14(17(19)15-5-3-2-4-6-15)16-7-10-20-18(13-16)8-11-21-12-9-18/h2-6,14,16-17,19H,7-13H2,1H3. The first-order valence-electron chi connectivity index (χ1n) is 8.15. The number of thioether (sulfide) groups is 1. The van der Waals surface area contributed by atoms with Gasteiger partial charge in [-0.1, -0.05) is 37.3 Å². The topological polar surface area (TPSA) is 29.5 Å². The maximum absolute atomic E-state index is 10.7. The Morgan fingerprint density at radius 2 is 1.95 bits per heavy atom. The predicted molar refractivity (Wildman–Crippen MR) is 88.5 cm³/mol. The van der Waals surface area contributed by atoms with Crippen molar-refractivity contribution in [1.29, 1.82) is 0 Å². The smallest absolute Gasteiger partial charge is 0.0818 e. The largest absolute Gasteiger partial charge is 0.388 e. The lowest BCUT2D eigenvalue weighted by atomic mass is 9.74. The first kappa shape index (κ1) is 15.4. The maximum atomic E-state index is 10.7. The molecule has 0 aliphatic carbocycles. The van der Waals surface area contributed by atoms with Gasteiger partial charge in [0.1, 0.15) is 0 Å². The molecule has 3 rings (SSSR count). The molecule has 3 heteroatoms. The van der Waals surface area contributed by atoms with Crippen LogP contribution in [0.15, 0.2) is 30.3 Å². The van der Waals surface area contributed by atoms with Crippen molar-refractivity contribution in [2.45, 2.75) is 44.3 Å². The van der Waals surface area contributed by atoms with Crippen LogP contribution in [0.2, 0.25) is 0 Å². The molecule has 21 heavy (non-hydrogen) atoms. The van der Waals surface area contributed by atoms with Gasteiger partial charge in [-0.3, -0.25) is 0 Å². The molecule has 2 heterocycles. The molecule has 0 bridgehead atoms. The van der Waals surface area contributed by atoms with Crippen LogP contribution in [0.3, 0.4) is 0 Å². The van der Waals surface area contributed by atoms with Gasteiger partial charge >= 0.3 is 0 Å². The quantitative estimate of drug-likeness (QED) is 0.913. The van der Waals surface area contributed by atoms with Crippen LogP contribution in [0.1, 0.15) is 44.3 Å². The van der Waals surface area contributed by atoms with Gasteiger partial charge in [0, 0.05) is 6.61 Å². The molecular weight excluding hydrogens is 280 g/mol. The highest BCUT2D eigenvalue weighted by atomic mass is 32.2. The van der Waals surface area contributed by atoms with E-state index >= 15 is 0 Å². The summed E-state index contributed by atoms with van der Waals surface area (Å²) in [6, 6.07) is 10.1. The molecule has 1 spiro atoms. The fourth-order valence-corrected chi connectivity index (χ4v) is 5.05. The van der Waals surface area contributed by atoms with Crippen LogP contribution in [-0.4, -0.2) is 28.8 Å². The average Bonchev–Trinajstić information content (AvgIpc) is 2.55. The van der Waals surface area contributed by atoms with Crippen molar-refractivity contribution in [1.82, 2.24) is 0 Å². The van der Waals surface area contributed by atoms with Crippen molar-refractivity contribution < 1.29 is 9.84 Å². The van der Waals surface area contributed by atoms with Crippen LogP contribution in [-0.2, 0) is 4.74 Å². The number of hydrogen-bond donors (Lipinski definition) is 1. The summed E-state index contributed by atoms with van der Waals surface area (Å²) < 4.78 is 6.18. The van der Waals surface area contributed by atoms with E-state index in [1.807, 2.05) is 42.1 Å². The maximum Gasteiger partial charge on any atom is 0.0818 e. The minimum atomic E-state index is -0.357. The fourth-order valence-electron chi connectivity index (χ4n) is 3.82. The van der Waals surface area contributed by atoms with Crippen molar-refractivity contribution in [3.63, 3.8) is 0 Å². The van der Waals surface area contributed by atoms with E-state index in [0.29, 0.717) is 11.8 Å². The molecule has 1 aromatic carbocycles. The van der Waals surface area contributed by atoms with E-state index in [1.165, 1.54) is 24.3 Å². The lowest BCUT2D eigenvalue weighted by Crippen LogP contribution is -2.44. The molecule has 0 amide bonds. The molecule has 2 saturated heterocycles. The van der Waals surface area contributed by atoms with Crippen molar-refractivity contribution in [3.05, 3.63) is 35.9 Å². The Hall–Kier alpha value is -0.510. The molecule has 0 radical (unpaired) electrons. The highest BCUT2D eigenvalue weighted by molar-refractivity contribution is 7.99. The SMILES string of the molecule is CC(C1CCOC2(CCSCC2)C1)C(O)c1ccccc1. The van der Waals surface area contributed by atoms with E-state index in [0.717, 1.165) is 25.0 Å². The molecule has 2 aliphatic rings. The molecule has 3 unspecified atom stereocenters. The normalized spacial score (nSPS) is 28.2. The van der Waals surface area contributed by atoms with Crippen molar-refractivity contribution in [2.24, 2.45) is 11.8 Å². The van der Waals surface area contributed by atoms with Crippen molar-refractivity contribution in [2.75, 3.05) is 18.1 Å². The fraction of sp³-hybridized carbons (Fsp3) is 0.667. The van der Waals surface area contributed by atoms with Gasteiger partial charge in [0.25, 0.3) is 0 Å². The second-order valence-electron chi connectivity index (χ2n) is 6.61. The summed E-state index contributed by atoms with van der Waals surface area (Å²) in [5, 5.41) is 10.7. The van der Waals surface area contributed by atoms with Crippen molar-refractivity contribution >= 4 is 11.8 Å². The van der Waals surface area contributed by atoms with Gasteiger partial charge < -0.3 is 9.84 Å². The highest BCUT2D eigenvalue weighted by Crippen LogP contribution is 2.44. The predicted octanol–water partition coefficient (Wildman–Crippen LogP) is 4.05. The molecule has 116 valence electrons. The summed E-state index contributed by atoms with van der Waals surface area (Å²) in [6.07, 6.45) is 4.22. The van der Waals surface area contributed by atoms with Gasteiger partial charge in [0.05, 0.1) is 11.7 Å².